The number of nitrogens with zero attached hydrogens (tertiary/aromatic N) is 1. The molecule has 0 N–H and O–H groups in total. The Labute approximate surface area is 93.7 Å². The molecule has 1 nitrogen and oxygen atoms in total. The molecule has 0 saturated carbocycles. The van der Waals surface area contributed by atoms with Gasteiger partial charge in [0.1, 0.15) is 0 Å². The number of hydrogen-bond donors (Lipinski definition) is 0. The minimum absolute atomic E-state index is 0.174. The molecule has 0 fully saturated rings. The lowest BCUT2D eigenvalue weighted by Crippen LogP contribution is -2.20. The van der Waals surface area contributed by atoms with Crippen LogP contribution in [0.25, 0.3) is 0 Å². The number of alkyl halides is 3. The molecule has 1 heterocycles. The molecule has 1 aromatic rings. The molecule has 90 valence electrons. The Morgan fingerprint density at radius 3 is 2.19 bits per heavy atom. The van der Waals surface area contributed by atoms with E-state index in [1.807, 2.05) is 27.7 Å². The molecule has 0 radical (unpaired) electrons. The van der Waals surface area contributed by atoms with E-state index in [9.17, 15) is 13.2 Å². The molecule has 0 spiro atoms. The van der Waals surface area contributed by atoms with E-state index in [2.05, 4.69) is 4.98 Å². The van der Waals surface area contributed by atoms with Gasteiger partial charge in [-0.2, -0.15) is 13.2 Å². The summed E-state index contributed by atoms with van der Waals surface area (Å²) >= 11 is 0. The lowest BCUT2D eigenvalue weighted by molar-refractivity contribution is -0.138. The van der Waals surface area contributed by atoms with E-state index in [4.69, 9.17) is 0 Å². The van der Waals surface area contributed by atoms with Gasteiger partial charge in [0.05, 0.1) is 5.56 Å². The van der Waals surface area contributed by atoms with Crippen molar-refractivity contribution in [3.63, 3.8) is 0 Å². The fourth-order valence-electron chi connectivity index (χ4n) is 1.49. The molecule has 4 heteroatoms. The van der Waals surface area contributed by atoms with Crippen LogP contribution in [0.15, 0.2) is 18.5 Å². The van der Waals surface area contributed by atoms with Crippen molar-refractivity contribution in [2.75, 3.05) is 0 Å². The summed E-state index contributed by atoms with van der Waals surface area (Å²) in [5.74, 6) is -0.174. The quantitative estimate of drug-likeness (QED) is 0.704. The van der Waals surface area contributed by atoms with Crippen molar-refractivity contribution in [3.8, 4) is 0 Å². The molecule has 1 rings (SSSR count). The largest absolute Gasteiger partial charge is 0.418 e. The van der Waals surface area contributed by atoms with Crippen LogP contribution in [-0.2, 0) is 6.18 Å². The molecule has 1 atom stereocenters. The van der Waals surface area contributed by atoms with Crippen molar-refractivity contribution in [3.05, 3.63) is 29.6 Å². The summed E-state index contributed by atoms with van der Waals surface area (Å²) in [4.78, 5) is 3.56. The van der Waals surface area contributed by atoms with Crippen molar-refractivity contribution in [2.45, 2.75) is 39.8 Å². The second-order valence-corrected chi connectivity index (χ2v) is 5.05. The van der Waals surface area contributed by atoms with Crippen molar-refractivity contribution in [1.82, 2.24) is 4.98 Å². The van der Waals surface area contributed by atoms with Gasteiger partial charge in [-0.1, -0.05) is 27.7 Å². The smallest absolute Gasteiger partial charge is 0.264 e. The van der Waals surface area contributed by atoms with Crippen LogP contribution in [0, 0.1) is 5.41 Å². The van der Waals surface area contributed by atoms with Gasteiger partial charge in [-0.3, -0.25) is 4.98 Å². The Morgan fingerprint density at radius 1 is 1.19 bits per heavy atom. The van der Waals surface area contributed by atoms with Gasteiger partial charge in [0, 0.05) is 12.4 Å². The zero-order chi connectivity index (χ0) is 12.6. The minimum atomic E-state index is -4.33. The van der Waals surface area contributed by atoms with Gasteiger partial charge in [-0.05, 0) is 23.0 Å². The van der Waals surface area contributed by atoms with E-state index in [1.165, 1.54) is 12.3 Å². The second kappa shape index (κ2) is 4.07. The van der Waals surface area contributed by atoms with E-state index in [1.54, 1.807) is 0 Å². The Balaban J connectivity index is 3.25. The molecule has 0 aliphatic heterocycles. The fraction of sp³-hybridized carbons (Fsp3) is 0.583. The van der Waals surface area contributed by atoms with Gasteiger partial charge >= 0.3 is 6.18 Å². The lowest BCUT2D eigenvalue weighted by atomic mass is 9.76. The molecule has 0 bridgehead atoms. The zero-order valence-corrected chi connectivity index (χ0v) is 9.89. The molecular weight excluding hydrogens is 215 g/mol. The molecule has 16 heavy (non-hydrogen) atoms. The van der Waals surface area contributed by atoms with Crippen molar-refractivity contribution >= 4 is 0 Å². The SMILES string of the molecule is CC(c1ccncc1C(F)(F)F)C(C)(C)C. The molecule has 0 aliphatic rings. The van der Waals surface area contributed by atoms with Crippen molar-refractivity contribution in [1.29, 1.82) is 0 Å². The summed E-state index contributed by atoms with van der Waals surface area (Å²) in [6, 6.07) is 1.46. The van der Waals surface area contributed by atoms with Gasteiger partial charge < -0.3 is 0 Å². The summed E-state index contributed by atoms with van der Waals surface area (Å²) in [5.41, 5.74) is -0.520. The number of rotatable bonds is 1. The van der Waals surface area contributed by atoms with Crippen LogP contribution in [0.1, 0.15) is 44.7 Å². The first-order chi connectivity index (χ1) is 7.14. The highest BCUT2D eigenvalue weighted by atomic mass is 19.4. The topological polar surface area (TPSA) is 12.9 Å². The van der Waals surface area contributed by atoms with E-state index in [0.29, 0.717) is 5.56 Å². The van der Waals surface area contributed by atoms with E-state index in [-0.39, 0.29) is 11.3 Å². The van der Waals surface area contributed by atoms with Gasteiger partial charge in [-0.15, -0.1) is 0 Å². The Bertz CT molecular complexity index is 363. The first-order valence-electron chi connectivity index (χ1n) is 5.15. The Hall–Kier alpha value is -1.06. The van der Waals surface area contributed by atoms with Gasteiger partial charge in [0.2, 0.25) is 0 Å². The summed E-state index contributed by atoms with van der Waals surface area (Å²) in [6.45, 7) is 7.60. The highest BCUT2D eigenvalue weighted by Crippen LogP contribution is 2.40. The second-order valence-electron chi connectivity index (χ2n) is 5.05. The number of halogens is 3. The minimum Gasteiger partial charge on any atom is -0.264 e. The zero-order valence-electron chi connectivity index (χ0n) is 9.89. The molecular formula is C12H16F3N. The van der Waals surface area contributed by atoms with Crippen LogP contribution >= 0.6 is 0 Å². The standard InChI is InChI=1S/C12H16F3N/c1-8(11(2,3)4)9-5-6-16-7-10(9)12(13,14)15/h5-8H,1-4H3. The number of pyridine rings is 1. The number of aromatic nitrogens is 1. The molecule has 1 aromatic heterocycles. The summed E-state index contributed by atoms with van der Waals surface area (Å²) in [7, 11) is 0. The van der Waals surface area contributed by atoms with E-state index in [0.717, 1.165) is 6.20 Å². The first kappa shape index (κ1) is 13.0. The third-order valence-corrected chi connectivity index (χ3v) is 2.93. The average molecular weight is 231 g/mol. The van der Waals surface area contributed by atoms with Gasteiger partial charge in [0.15, 0.2) is 0 Å². The third kappa shape index (κ3) is 2.74. The highest BCUT2D eigenvalue weighted by Gasteiger charge is 2.36. The first-order valence-corrected chi connectivity index (χ1v) is 5.15. The maximum absolute atomic E-state index is 12.8. The fourth-order valence-corrected chi connectivity index (χ4v) is 1.49. The summed E-state index contributed by atoms with van der Waals surface area (Å²) in [6.07, 6.45) is -2.02. The van der Waals surface area contributed by atoms with Crippen LogP contribution in [0.2, 0.25) is 0 Å². The normalized spacial score (nSPS) is 14.9. The summed E-state index contributed by atoms with van der Waals surface area (Å²) < 4.78 is 38.3. The van der Waals surface area contributed by atoms with Crippen molar-refractivity contribution < 1.29 is 13.2 Å². The van der Waals surface area contributed by atoms with Gasteiger partial charge in [0.25, 0.3) is 0 Å². The van der Waals surface area contributed by atoms with Crippen LogP contribution < -0.4 is 0 Å². The third-order valence-electron chi connectivity index (χ3n) is 2.93. The maximum atomic E-state index is 12.8. The van der Waals surface area contributed by atoms with E-state index < -0.39 is 11.7 Å². The Kier molecular flexibility index (Phi) is 3.31. The van der Waals surface area contributed by atoms with Crippen LogP contribution in [0.5, 0.6) is 0 Å². The number of hydrogen-bond acceptors (Lipinski definition) is 1. The van der Waals surface area contributed by atoms with Crippen LogP contribution in [-0.4, -0.2) is 4.98 Å². The molecule has 0 saturated heterocycles. The molecule has 1 unspecified atom stereocenters. The predicted octanol–water partition coefficient (Wildman–Crippen LogP) is 4.25. The van der Waals surface area contributed by atoms with Crippen LogP contribution in [0.3, 0.4) is 0 Å². The molecule has 0 amide bonds. The average Bonchev–Trinajstić information content (AvgIpc) is 2.14. The maximum Gasteiger partial charge on any atom is 0.418 e. The predicted molar refractivity (Wildman–Crippen MR) is 57.1 cm³/mol. The molecule has 0 aromatic carbocycles. The van der Waals surface area contributed by atoms with Gasteiger partial charge in [-0.25, -0.2) is 0 Å². The molecule has 0 aliphatic carbocycles. The Morgan fingerprint density at radius 2 is 1.75 bits per heavy atom. The van der Waals surface area contributed by atoms with Crippen molar-refractivity contribution in [2.24, 2.45) is 5.41 Å². The highest BCUT2D eigenvalue weighted by molar-refractivity contribution is 5.30. The lowest BCUT2D eigenvalue weighted by Gasteiger charge is -2.29. The van der Waals surface area contributed by atoms with E-state index >= 15 is 0 Å². The monoisotopic (exact) mass is 231 g/mol. The summed E-state index contributed by atoms with van der Waals surface area (Å²) in [5, 5.41) is 0. The van der Waals surface area contributed by atoms with Crippen LogP contribution in [0.4, 0.5) is 13.2 Å².